The molecule has 19 heavy (non-hydrogen) atoms. The van der Waals surface area contributed by atoms with Crippen LogP contribution in [-0.4, -0.2) is 41.8 Å². The number of hydrogen-bond donors (Lipinski definition) is 1. The molecule has 1 aliphatic rings. The van der Waals surface area contributed by atoms with Gasteiger partial charge in [0.05, 0.1) is 6.10 Å². The van der Waals surface area contributed by atoms with Gasteiger partial charge in [-0.3, -0.25) is 4.90 Å². The van der Waals surface area contributed by atoms with E-state index in [0.29, 0.717) is 0 Å². The largest absolute Gasteiger partial charge is 0.480 e. The van der Waals surface area contributed by atoms with Crippen molar-refractivity contribution in [3.8, 4) is 0 Å². The number of carboxylic acid groups (broad SMARTS) is 1. The molecule has 0 atom stereocenters. The van der Waals surface area contributed by atoms with Crippen molar-refractivity contribution in [2.24, 2.45) is 0 Å². The summed E-state index contributed by atoms with van der Waals surface area (Å²) in [5, 5.41) is 8.58. The number of nitrogens with zero attached hydrogens (tertiary/aromatic N) is 1. The maximum Gasteiger partial charge on any atom is 0.329 e. The molecular weight excluding hydrogens is 357 g/mol. The first-order chi connectivity index (χ1) is 9.13. The van der Waals surface area contributed by atoms with E-state index < -0.39 is 5.97 Å². The summed E-state index contributed by atoms with van der Waals surface area (Å²) in [5.74, 6) is -0.888. The number of carbonyl (C=O) groups is 1. The number of ether oxygens (including phenoxy) is 1. The number of rotatable bonds is 5. The molecule has 5 heteroatoms. The van der Waals surface area contributed by atoms with Crippen molar-refractivity contribution in [2.75, 3.05) is 19.7 Å². The Morgan fingerprint density at radius 2 is 1.95 bits per heavy atom. The molecule has 0 bridgehead atoms. The third-order valence-electron chi connectivity index (χ3n) is 3.30. The molecule has 1 heterocycles. The summed E-state index contributed by atoms with van der Waals surface area (Å²) < 4.78 is 6.58. The van der Waals surface area contributed by atoms with E-state index in [0.717, 1.165) is 32.5 Å². The lowest BCUT2D eigenvalue weighted by Crippen LogP contribution is -2.37. The molecule has 0 unspecified atom stereocenters. The number of piperidine rings is 1. The van der Waals surface area contributed by atoms with Crippen LogP contribution in [0.4, 0.5) is 0 Å². The summed E-state index contributed by atoms with van der Waals surface area (Å²) >= 11 is 2.31. The first-order valence-electron chi connectivity index (χ1n) is 6.43. The number of carboxylic acids is 1. The molecule has 1 saturated heterocycles. The minimum absolute atomic E-state index is 0.101. The summed E-state index contributed by atoms with van der Waals surface area (Å²) in [7, 11) is 0. The molecule has 1 N–H and O–H groups in total. The molecule has 0 radical (unpaired) electrons. The van der Waals surface area contributed by atoms with Crippen LogP contribution in [0.5, 0.6) is 0 Å². The molecule has 0 aromatic heterocycles. The van der Waals surface area contributed by atoms with Crippen LogP contribution in [0.25, 0.3) is 0 Å². The van der Waals surface area contributed by atoms with Gasteiger partial charge in [0, 0.05) is 23.2 Å². The second-order valence-electron chi connectivity index (χ2n) is 4.81. The summed E-state index contributed by atoms with van der Waals surface area (Å²) in [6, 6.07) is 8.57. The van der Waals surface area contributed by atoms with Crippen molar-refractivity contribution in [1.82, 2.24) is 4.90 Å². The zero-order valence-electron chi connectivity index (χ0n) is 10.7. The maximum absolute atomic E-state index is 10.4. The lowest BCUT2D eigenvalue weighted by molar-refractivity contribution is -0.145. The van der Waals surface area contributed by atoms with Gasteiger partial charge in [-0.2, -0.15) is 0 Å². The topological polar surface area (TPSA) is 49.8 Å². The minimum atomic E-state index is -0.888. The van der Waals surface area contributed by atoms with Crippen molar-refractivity contribution < 1.29 is 14.6 Å². The normalized spacial score (nSPS) is 17.5. The Morgan fingerprint density at radius 3 is 2.53 bits per heavy atom. The summed E-state index contributed by atoms with van der Waals surface area (Å²) in [6.45, 7) is 2.72. The predicted octanol–water partition coefficient (Wildman–Crippen LogP) is 2.36. The quantitative estimate of drug-likeness (QED) is 0.803. The van der Waals surface area contributed by atoms with Crippen molar-refractivity contribution in [2.45, 2.75) is 25.5 Å². The van der Waals surface area contributed by atoms with Crippen LogP contribution in [0.2, 0.25) is 0 Å². The number of halogens is 1. The molecule has 2 rings (SSSR count). The molecular formula is C14H18INO3. The van der Waals surface area contributed by atoms with Gasteiger partial charge in [-0.25, -0.2) is 4.79 Å². The highest BCUT2D eigenvalue weighted by atomic mass is 127. The Kier molecular flexibility index (Phi) is 5.59. The average molecular weight is 375 g/mol. The molecule has 0 aliphatic carbocycles. The first-order valence-corrected chi connectivity index (χ1v) is 7.51. The summed E-state index contributed by atoms with van der Waals surface area (Å²) in [4.78, 5) is 12.8. The van der Waals surface area contributed by atoms with Gasteiger partial charge in [-0.05, 0) is 53.1 Å². The third-order valence-corrected chi connectivity index (χ3v) is 4.02. The van der Waals surface area contributed by atoms with Gasteiger partial charge in [0.25, 0.3) is 0 Å². The zero-order chi connectivity index (χ0) is 13.7. The lowest BCUT2D eigenvalue weighted by atomic mass is 10.1. The fourth-order valence-electron chi connectivity index (χ4n) is 2.27. The van der Waals surface area contributed by atoms with Crippen molar-refractivity contribution in [1.29, 1.82) is 0 Å². The Balaban J connectivity index is 1.74. The number of benzene rings is 1. The fourth-order valence-corrected chi connectivity index (χ4v) is 2.63. The molecule has 1 fully saturated rings. The van der Waals surface area contributed by atoms with Crippen molar-refractivity contribution in [3.63, 3.8) is 0 Å². The second-order valence-corrected chi connectivity index (χ2v) is 6.05. The standard InChI is InChI=1S/C14H18INO3/c15-12-3-1-11(2-4-12)9-16-7-5-13(6-8-16)19-10-14(17)18/h1-4,13H,5-10H2,(H,17,18). The predicted molar refractivity (Wildman–Crippen MR) is 81.0 cm³/mol. The van der Waals surface area contributed by atoms with E-state index in [1.54, 1.807) is 0 Å². The van der Waals surface area contributed by atoms with E-state index in [9.17, 15) is 4.79 Å². The molecule has 0 spiro atoms. The van der Waals surface area contributed by atoms with E-state index in [4.69, 9.17) is 9.84 Å². The smallest absolute Gasteiger partial charge is 0.329 e. The van der Waals surface area contributed by atoms with Gasteiger partial charge < -0.3 is 9.84 Å². The van der Waals surface area contributed by atoms with Crippen LogP contribution < -0.4 is 0 Å². The van der Waals surface area contributed by atoms with E-state index in [1.807, 2.05) is 0 Å². The Hall–Kier alpha value is -0.660. The van der Waals surface area contributed by atoms with Gasteiger partial charge in [0.15, 0.2) is 0 Å². The molecule has 4 nitrogen and oxygen atoms in total. The fraction of sp³-hybridized carbons (Fsp3) is 0.500. The number of likely N-dealkylation sites (tertiary alicyclic amines) is 1. The lowest BCUT2D eigenvalue weighted by Gasteiger charge is -2.31. The first kappa shape index (κ1) is 14.7. The van der Waals surface area contributed by atoms with E-state index in [2.05, 4.69) is 51.8 Å². The summed E-state index contributed by atoms with van der Waals surface area (Å²) in [5.41, 5.74) is 1.32. The monoisotopic (exact) mass is 375 g/mol. The molecule has 0 saturated carbocycles. The van der Waals surface area contributed by atoms with E-state index >= 15 is 0 Å². The molecule has 1 aliphatic heterocycles. The Morgan fingerprint density at radius 1 is 1.32 bits per heavy atom. The van der Waals surface area contributed by atoms with Crippen LogP contribution in [0.15, 0.2) is 24.3 Å². The van der Waals surface area contributed by atoms with Crippen molar-refractivity contribution in [3.05, 3.63) is 33.4 Å². The third kappa shape index (κ3) is 5.08. The average Bonchev–Trinajstić information content (AvgIpc) is 2.40. The minimum Gasteiger partial charge on any atom is -0.480 e. The van der Waals surface area contributed by atoms with Crippen LogP contribution in [0.3, 0.4) is 0 Å². The van der Waals surface area contributed by atoms with Crippen LogP contribution in [0.1, 0.15) is 18.4 Å². The Labute approximate surface area is 126 Å². The zero-order valence-corrected chi connectivity index (χ0v) is 12.9. The summed E-state index contributed by atoms with van der Waals surface area (Å²) in [6.07, 6.45) is 1.93. The van der Waals surface area contributed by atoms with Gasteiger partial charge in [0.1, 0.15) is 6.61 Å². The highest BCUT2D eigenvalue weighted by Crippen LogP contribution is 2.16. The van der Waals surface area contributed by atoms with E-state index in [-0.39, 0.29) is 12.7 Å². The highest BCUT2D eigenvalue weighted by Gasteiger charge is 2.20. The molecule has 104 valence electrons. The number of hydrogen-bond acceptors (Lipinski definition) is 3. The molecule has 1 aromatic carbocycles. The van der Waals surface area contributed by atoms with Gasteiger partial charge in [-0.1, -0.05) is 12.1 Å². The second kappa shape index (κ2) is 7.21. The number of aliphatic carboxylic acids is 1. The molecule has 1 aromatic rings. The van der Waals surface area contributed by atoms with E-state index in [1.165, 1.54) is 9.13 Å². The van der Waals surface area contributed by atoms with Gasteiger partial charge in [0.2, 0.25) is 0 Å². The van der Waals surface area contributed by atoms with Gasteiger partial charge in [-0.15, -0.1) is 0 Å². The highest BCUT2D eigenvalue weighted by molar-refractivity contribution is 14.1. The van der Waals surface area contributed by atoms with Crippen LogP contribution >= 0.6 is 22.6 Å². The Bertz CT molecular complexity index is 413. The molecule has 0 amide bonds. The van der Waals surface area contributed by atoms with Gasteiger partial charge >= 0.3 is 5.97 Å². The van der Waals surface area contributed by atoms with Crippen LogP contribution in [0, 0.1) is 3.57 Å². The van der Waals surface area contributed by atoms with Crippen molar-refractivity contribution >= 4 is 28.6 Å². The maximum atomic E-state index is 10.4. The SMILES string of the molecule is O=C(O)COC1CCN(Cc2ccc(I)cc2)CC1. The van der Waals surface area contributed by atoms with Crippen LogP contribution in [-0.2, 0) is 16.1 Å².